The number of fused-ring (bicyclic) bond motifs is 1. The maximum Gasteiger partial charge on any atom is 0.311 e. The molecule has 2 aromatic rings. The van der Waals surface area contributed by atoms with Gasteiger partial charge < -0.3 is 9.30 Å². The third-order valence-corrected chi connectivity index (χ3v) is 4.83. The zero-order valence-electron chi connectivity index (χ0n) is 14.8. The van der Waals surface area contributed by atoms with Crippen LogP contribution >= 0.6 is 11.8 Å². The summed E-state index contributed by atoms with van der Waals surface area (Å²) >= 11 is 1.63. The van der Waals surface area contributed by atoms with Crippen molar-refractivity contribution >= 4 is 28.6 Å². The summed E-state index contributed by atoms with van der Waals surface area (Å²) in [6.07, 6.45) is 6.94. The van der Waals surface area contributed by atoms with Crippen molar-refractivity contribution in [2.45, 2.75) is 57.9 Å². The molecule has 0 aliphatic heterocycles. The highest BCUT2D eigenvalue weighted by Gasteiger charge is 2.16. The second-order valence-corrected chi connectivity index (χ2v) is 7.28. The van der Waals surface area contributed by atoms with Gasteiger partial charge in [0.05, 0.1) is 4.90 Å². The van der Waals surface area contributed by atoms with Crippen molar-refractivity contribution in [2.24, 2.45) is 5.92 Å². The molecule has 0 bridgehead atoms. The Balaban J connectivity index is 2.36. The molecule has 0 saturated heterocycles. The Morgan fingerprint density at radius 2 is 2.00 bits per heavy atom. The van der Waals surface area contributed by atoms with Gasteiger partial charge in [-0.15, -0.1) is 11.8 Å². The van der Waals surface area contributed by atoms with E-state index in [-0.39, 0.29) is 5.97 Å². The fourth-order valence-electron chi connectivity index (χ4n) is 2.92. The van der Waals surface area contributed by atoms with Crippen LogP contribution in [0.25, 0.3) is 10.9 Å². The minimum Gasteiger partial charge on any atom is -0.425 e. The predicted molar refractivity (Wildman–Crippen MR) is 98.4 cm³/mol. The van der Waals surface area contributed by atoms with E-state index >= 15 is 0 Å². The van der Waals surface area contributed by atoms with E-state index in [1.807, 2.05) is 26.2 Å². The molecule has 0 saturated carbocycles. The van der Waals surface area contributed by atoms with Crippen LogP contribution in [0.2, 0.25) is 0 Å². The number of esters is 1. The Bertz CT molecular complexity index is 675. The highest BCUT2D eigenvalue weighted by Crippen LogP contribution is 2.37. The fraction of sp³-hybridized carbons (Fsp3) is 0.526. The van der Waals surface area contributed by atoms with Gasteiger partial charge in [-0.3, -0.25) is 4.79 Å². The lowest BCUT2D eigenvalue weighted by atomic mass is 10.1. The lowest BCUT2D eigenvalue weighted by Gasteiger charge is -2.16. The lowest BCUT2D eigenvalue weighted by molar-refractivity contribution is -0.135. The van der Waals surface area contributed by atoms with Crippen LogP contribution < -0.4 is 4.74 Å². The van der Waals surface area contributed by atoms with E-state index in [4.69, 9.17) is 4.74 Å². The number of benzene rings is 1. The van der Waals surface area contributed by atoms with Crippen molar-refractivity contribution in [1.29, 1.82) is 0 Å². The van der Waals surface area contributed by atoms with Crippen molar-refractivity contribution in [3.05, 3.63) is 24.4 Å². The summed E-state index contributed by atoms with van der Waals surface area (Å²) in [5.41, 5.74) is 1.21. The van der Waals surface area contributed by atoms with Crippen LogP contribution in [-0.2, 0) is 4.79 Å². The van der Waals surface area contributed by atoms with Gasteiger partial charge >= 0.3 is 5.97 Å². The van der Waals surface area contributed by atoms with Crippen molar-refractivity contribution in [2.75, 3.05) is 6.26 Å². The van der Waals surface area contributed by atoms with Gasteiger partial charge in [0.1, 0.15) is 5.75 Å². The van der Waals surface area contributed by atoms with Crippen molar-refractivity contribution < 1.29 is 9.53 Å². The maximum atomic E-state index is 12.0. The molecule has 0 N–H and O–H groups in total. The van der Waals surface area contributed by atoms with E-state index in [1.54, 1.807) is 11.8 Å². The number of carbonyl (C=O) groups is 1. The zero-order valence-corrected chi connectivity index (χ0v) is 15.6. The fourth-order valence-corrected chi connectivity index (χ4v) is 3.62. The summed E-state index contributed by atoms with van der Waals surface area (Å²) in [5, 5.41) is 1.16. The normalized spacial score (nSPS) is 12.8. The van der Waals surface area contributed by atoms with Gasteiger partial charge in [-0.25, -0.2) is 0 Å². The molecule has 1 unspecified atom stereocenters. The Kier molecular flexibility index (Phi) is 6.17. The molecule has 4 heteroatoms. The van der Waals surface area contributed by atoms with Gasteiger partial charge in [0, 0.05) is 29.6 Å². The van der Waals surface area contributed by atoms with Gasteiger partial charge in [-0.05, 0) is 43.7 Å². The average molecular weight is 333 g/mol. The van der Waals surface area contributed by atoms with Crippen molar-refractivity contribution in [1.82, 2.24) is 4.57 Å². The summed E-state index contributed by atoms with van der Waals surface area (Å²) < 4.78 is 7.92. The number of hydrogen-bond donors (Lipinski definition) is 0. The zero-order chi connectivity index (χ0) is 17.0. The van der Waals surface area contributed by atoms with Crippen LogP contribution in [0.3, 0.4) is 0 Å². The van der Waals surface area contributed by atoms with Crippen LogP contribution in [0.1, 0.15) is 53.0 Å². The molecule has 1 aromatic heterocycles. The lowest BCUT2D eigenvalue weighted by Crippen LogP contribution is -2.11. The summed E-state index contributed by atoms with van der Waals surface area (Å²) in [4.78, 5) is 13.0. The van der Waals surface area contributed by atoms with E-state index in [2.05, 4.69) is 36.7 Å². The number of ether oxygens (including phenoxy) is 1. The predicted octanol–water partition coefficient (Wildman–Crippen LogP) is 5.68. The summed E-state index contributed by atoms with van der Waals surface area (Å²) in [7, 11) is 0. The van der Waals surface area contributed by atoms with Crippen LogP contribution in [-0.4, -0.2) is 16.8 Å². The van der Waals surface area contributed by atoms with Crippen molar-refractivity contribution in [3.8, 4) is 5.75 Å². The summed E-state index contributed by atoms with van der Waals surface area (Å²) in [6, 6.07) is 6.61. The molecule has 0 spiro atoms. The number of aromatic nitrogens is 1. The quantitative estimate of drug-likeness (QED) is 0.371. The largest absolute Gasteiger partial charge is 0.425 e. The van der Waals surface area contributed by atoms with Crippen LogP contribution in [0.4, 0.5) is 0 Å². The molecule has 0 fully saturated rings. The monoisotopic (exact) mass is 333 g/mol. The Hall–Kier alpha value is -1.42. The SMILES string of the molecule is CCCC(C)n1ccc2c(SC)c(OC(=O)CC(C)C)ccc21. The standard InChI is InChI=1S/C19H27NO2S/c1-6-7-14(4)20-11-10-15-16(20)8-9-17(19(15)23-5)22-18(21)12-13(2)3/h8-11,13-14H,6-7,12H2,1-5H3. The molecular weight excluding hydrogens is 306 g/mol. The van der Waals surface area contributed by atoms with Crippen LogP contribution in [0, 0.1) is 5.92 Å². The van der Waals surface area contributed by atoms with Crippen molar-refractivity contribution in [3.63, 3.8) is 0 Å². The molecule has 3 nitrogen and oxygen atoms in total. The van der Waals surface area contributed by atoms with Gasteiger partial charge in [-0.2, -0.15) is 0 Å². The average Bonchev–Trinajstić information content (AvgIpc) is 2.90. The molecule has 0 amide bonds. The number of nitrogens with zero attached hydrogens (tertiary/aromatic N) is 1. The first kappa shape index (κ1) is 17.9. The number of hydrogen-bond acceptors (Lipinski definition) is 3. The molecule has 1 heterocycles. The van der Waals surface area contributed by atoms with E-state index in [0.29, 0.717) is 24.1 Å². The van der Waals surface area contributed by atoms with Gasteiger partial charge in [-0.1, -0.05) is 27.2 Å². The van der Waals surface area contributed by atoms with Crippen LogP contribution in [0.15, 0.2) is 29.3 Å². The first-order valence-electron chi connectivity index (χ1n) is 8.36. The third kappa shape index (κ3) is 4.11. The second kappa shape index (κ2) is 7.91. The molecule has 0 aliphatic rings. The maximum absolute atomic E-state index is 12.0. The highest BCUT2D eigenvalue weighted by molar-refractivity contribution is 7.99. The number of rotatable bonds is 7. The molecule has 1 atom stereocenters. The first-order chi connectivity index (χ1) is 11.0. The molecular formula is C19H27NO2S. The Morgan fingerprint density at radius 3 is 2.61 bits per heavy atom. The van der Waals surface area contributed by atoms with Gasteiger partial charge in [0.25, 0.3) is 0 Å². The molecule has 0 aliphatic carbocycles. The smallest absolute Gasteiger partial charge is 0.311 e. The molecule has 0 radical (unpaired) electrons. The van der Waals surface area contributed by atoms with Crippen LogP contribution in [0.5, 0.6) is 5.75 Å². The minimum absolute atomic E-state index is 0.159. The Labute approximate surface area is 143 Å². The first-order valence-corrected chi connectivity index (χ1v) is 9.58. The molecule has 2 rings (SSSR count). The number of thioether (sulfide) groups is 1. The van der Waals surface area contributed by atoms with E-state index in [9.17, 15) is 4.79 Å². The summed E-state index contributed by atoms with van der Waals surface area (Å²) in [5.74, 6) is 0.824. The number of carbonyl (C=O) groups excluding carboxylic acids is 1. The molecule has 1 aromatic carbocycles. The van der Waals surface area contributed by atoms with E-state index < -0.39 is 0 Å². The van der Waals surface area contributed by atoms with Gasteiger partial charge in [0.2, 0.25) is 0 Å². The van der Waals surface area contributed by atoms with Gasteiger partial charge in [0.15, 0.2) is 0 Å². The second-order valence-electron chi connectivity index (χ2n) is 6.46. The molecule has 126 valence electrons. The molecule has 23 heavy (non-hydrogen) atoms. The van der Waals surface area contributed by atoms with E-state index in [1.165, 1.54) is 11.9 Å². The van der Waals surface area contributed by atoms with E-state index in [0.717, 1.165) is 16.7 Å². The summed E-state index contributed by atoms with van der Waals surface area (Å²) in [6.45, 7) is 8.50. The third-order valence-electron chi connectivity index (χ3n) is 4.00. The highest BCUT2D eigenvalue weighted by atomic mass is 32.2. The Morgan fingerprint density at radius 1 is 1.26 bits per heavy atom. The minimum atomic E-state index is -0.159. The topological polar surface area (TPSA) is 31.2 Å².